The molecule has 0 saturated heterocycles. The van der Waals surface area contributed by atoms with Crippen molar-refractivity contribution < 1.29 is 9.53 Å². The van der Waals surface area contributed by atoms with Gasteiger partial charge in [0, 0.05) is 24.4 Å². The van der Waals surface area contributed by atoms with Gasteiger partial charge in [-0.15, -0.1) is 0 Å². The van der Waals surface area contributed by atoms with Crippen LogP contribution in [0.3, 0.4) is 0 Å². The number of carbonyl (C=O) groups excluding carboxylic acids is 1. The molecule has 0 unspecified atom stereocenters. The van der Waals surface area contributed by atoms with E-state index >= 15 is 0 Å². The standard InChI is InChI=1S/C21H20N4O4/c1-12-5-4-8-25-18(26)9-15(24-20(12)25)11-29-19(27)7-6-16-13(2)17(10-22)21(28)23-14(16)3/h4-5,8-9H,6-7,11H2,1-3H3,(H,23,28). The molecule has 3 aromatic rings. The highest BCUT2D eigenvalue weighted by molar-refractivity contribution is 5.70. The number of nitrogens with one attached hydrogen (secondary N) is 1. The van der Waals surface area contributed by atoms with Crippen molar-refractivity contribution in [2.45, 2.75) is 40.2 Å². The zero-order valence-electron chi connectivity index (χ0n) is 16.4. The highest BCUT2D eigenvalue weighted by Gasteiger charge is 2.14. The van der Waals surface area contributed by atoms with Gasteiger partial charge in [-0.2, -0.15) is 5.26 Å². The summed E-state index contributed by atoms with van der Waals surface area (Å²) >= 11 is 0. The molecule has 0 aromatic carbocycles. The fourth-order valence-electron chi connectivity index (χ4n) is 3.26. The monoisotopic (exact) mass is 392 g/mol. The fourth-order valence-corrected chi connectivity index (χ4v) is 3.26. The third-order valence-electron chi connectivity index (χ3n) is 4.82. The van der Waals surface area contributed by atoms with Gasteiger partial charge in [-0.25, -0.2) is 4.98 Å². The van der Waals surface area contributed by atoms with Crippen LogP contribution in [0.5, 0.6) is 0 Å². The van der Waals surface area contributed by atoms with Crippen LogP contribution in [0.4, 0.5) is 0 Å². The summed E-state index contributed by atoms with van der Waals surface area (Å²) in [7, 11) is 0. The average molecular weight is 392 g/mol. The average Bonchev–Trinajstić information content (AvgIpc) is 2.67. The van der Waals surface area contributed by atoms with Crippen LogP contribution in [0.25, 0.3) is 5.65 Å². The molecule has 29 heavy (non-hydrogen) atoms. The zero-order chi connectivity index (χ0) is 21.1. The number of hydrogen-bond acceptors (Lipinski definition) is 6. The van der Waals surface area contributed by atoms with Crippen molar-refractivity contribution in [3.63, 3.8) is 0 Å². The van der Waals surface area contributed by atoms with E-state index in [1.165, 1.54) is 10.5 Å². The quantitative estimate of drug-likeness (QED) is 0.662. The summed E-state index contributed by atoms with van der Waals surface area (Å²) in [5, 5.41) is 9.12. The maximum atomic E-state index is 12.2. The highest BCUT2D eigenvalue weighted by Crippen LogP contribution is 2.15. The van der Waals surface area contributed by atoms with E-state index in [0.717, 1.165) is 11.1 Å². The van der Waals surface area contributed by atoms with Crippen molar-refractivity contribution in [2.75, 3.05) is 0 Å². The van der Waals surface area contributed by atoms with Crippen LogP contribution in [-0.2, 0) is 22.6 Å². The summed E-state index contributed by atoms with van der Waals surface area (Å²) in [4.78, 5) is 43.2. The molecule has 0 fully saturated rings. The second kappa shape index (κ2) is 8.10. The molecule has 0 aliphatic carbocycles. The summed E-state index contributed by atoms with van der Waals surface area (Å²) in [6.07, 6.45) is 2.04. The van der Waals surface area contributed by atoms with Crippen LogP contribution in [0.1, 0.15) is 40.1 Å². The van der Waals surface area contributed by atoms with Crippen LogP contribution < -0.4 is 11.1 Å². The summed E-state index contributed by atoms with van der Waals surface area (Å²) < 4.78 is 6.71. The van der Waals surface area contributed by atoms with Crippen LogP contribution in [-0.4, -0.2) is 20.3 Å². The lowest BCUT2D eigenvalue weighted by molar-refractivity contribution is -0.145. The Labute approximate surface area is 166 Å². The summed E-state index contributed by atoms with van der Waals surface area (Å²) in [5.41, 5.74) is 3.06. The lowest BCUT2D eigenvalue weighted by Gasteiger charge is -2.11. The number of aromatic nitrogens is 3. The maximum Gasteiger partial charge on any atom is 0.306 e. The van der Waals surface area contributed by atoms with E-state index < -0.39 is 11.5 Å². The minimum atomic E-state index is -0.458. The number of ether oxygens (including phenoxy) is 1. The molecule has 0 atom stereocenters. The summed E-state index contributed by atoms with van der Waals surface area (Å²) in [6.45, 7) is 5.16. The van der Waals surface area contributed by atoms with Gasteiger partial charge in [-0.05, 0) is 49.9 Å². The number of hydrogen-bond donors (Lipinski definition) is 1. The molecule has 8 nitrogen and oxygen atoms in total. The van der Waals surface area contributed by atoms with Gasteiger partial charge in [0.25, 0.3) is 11.1 Å². The van der Waals surface area contributed by atoms with E-state index in [1.54, 1.807) is 26.1 Å². The van der Waals surface area contributed by atoms with E-state index in [1.807, 2.05) is 19.1 Å². The van der Waals surface area contributed by atoms with Gasteiger partial charge in [0.15, 0.2) is 0 Å². The molecule has 3 rings (SSSR count). The van der Waals surface area contributed by atoms with Crippen molar-refractivity contribution in [1.29, 1.82) is 5.26 Å². The molecular formula is C21H20N4O4. The van der Waals surface area contributed by atoms with Gasteiger partial charge in [0.2, 0.25) is 0 Å². The molecule has 0 amide bonds. The normalized spacial score (nSPS) is 10.7. The third-order valence-corrected chi connectivity index (χ3v) is 4.82. The Kier molecular flexibility index (Phi) is 5.59. The molecule has 148 valence electrons. The lowest BCUT2D eigenvalue weighted by Crippen LogP contribution is -2.18. The number of aryl methyl sites for hydroxylation is 2. The molecular weight excluding hydrogens is 372 g/mol. The molecule has 8 heteroatoms. The number of pyridine rings is 2. The van der Waals surface area contributed by atoms with Gasteiger partial charge in [-0.1, -0.05) is 6.07 Å². The maximum absolute atomic E-state index is 12.2. The SMILES string of the molecule is Cc1[nH]c(=O)c(C#N)c(C)c1CCC(=O)OCc1cc(=O)n2cccc(C)c2n1. The first-order valence-electron chi connectivity index (χ1n) is 9.07. The largest absolute Gasteiger partial charge is 0.459 e. The first-order valence-corrected chi connectivity index (χ1v) is 9.07. The highest BCUT2D eigenvalue weighted by atomic mass is 16.5. The summed E-state index contributed by atoms with van der Waals surface area (Å²) in [5.74, 6) is -0.458. The topological polar surface area (TPSA) is 117 Å². The van der Waals surface area contributed by atoms with E-state index in [4.69, 9.17) is 10.00 Å². The third kappa shape index (κ3) is 4.09. The Hall–Kier alpha value is -3.73. The Bertz CT molecular complexity index is 1260. The van der Waals surface area contributed by atoms with Gasteiger partial charge < -0.3 is 9.72 Å². The van der Waals surface area contributed by atoms with Gasteiger partial charge >= 0.3 is 5.97 Å². The number of rotatable bonds is 5. The predicted molar refractivity (Wildman–Crippen MR) is 106 cm³/mol. The lowest BCUT2D eigenvalue weighted by atomic mass is 9.99. The Balaban J connectivity index is 1.70. The molecule has 1 N–H and O–H groups in total. The van der Waals surface area contributed by atoms with E-state index in [-0.39, 0.29) is 24.2 Å². The smallest absolute Gasteiger partial charge is 0.306 e. The van der Waals surface area contributed by atoms with Crippen molar-refractivity contribution >= 4 is 11.6 Å². The van der Waals surface area contributed by atoms with Crippen molar-refractivity contribution in [2.24, 2.45) is 0 Å². The van der Waals surface area contributed by atoms with Crippen LogP contribution in [0, 0.1) is 32.1 Å². The number of fused-ring (bicyclic) bond motifs is 1. The molecule has 0 bridgehead atoms. The van der Waals surface area contributed by atoms with Crippen molar-refractivity contribution in [3.8, 4) is 6.07 Å². The van der Waals surface area contributed by atoms with Gasteiger partial charge in [-0.3, -0.25) is 18.8 Å². The number of nitriles is 1. The van der Waals surface area contributed by atoms with Crippen LogP contribution in [0.2, 0.25) is 0 Å². The molecule has 0 spiro atoms. The Morgan fingerprint density at radius 3 is 2.79 bits per heavy atom. The number of aromatic amines is 1. The number of esters is 1. The Morgan fingerprint density at radius 1 is 1.31 bits per heavy atom. The van der Waals surface area contributed by atoms with Crippen molar-refractivity contribution in [1.82, 2.24) is 14.4 Å². The van der Waals surface area contributed by atoms with E-state index in [9.17, 15) is 14.4 Å². The number of nitrogens with zero attached hydrogens (tertiary/aromatic N) is 3. The minimum absolute atomic E-state index is 0.0511. The van der Waals surface area contributed by atoms with Crippen LogP contribution >= 0.6 is 0 Å². The summed E-state index contributed by atoms with van der Waals surface area (Å²) in [6, 6.07) is 6.85. The van der Waals surface area contributed by atoms with E-state index in [0.29, 0.717) is 29.0 Å². The van der Waals surface area contributed by atoms with E-state index in [2.05, 4.69) is 9.97 Å². The van der Waals surface area contributed by atoms with Crippen molar-refractivity contribution in [3.05, 3.63) is 78.7 Å². The first-order chi connectivity index (χ1) is 13.8. The first kappa shape index (κ1) is 20.0. The molecule has 3 heterocycles. The van der Waals surface area contributed by atoms with Crippen LogP contribution in [0.15, 0.2) is 34.0 Å². The fraction of sp³-hybridized carbons (Fsp3) is 0.286. The second-order valence-corrected chi connectivity index (χ2v) is 6.80. The molecule has 0 aliphatic rings. The molecule has 0 aliphatic heterocycles. The molecule has 0 saturated carbocycles. The Morgan fingerprint density at radius 2 is 2.07 bits per heavy atom. The predicted octanol–water partition coefficient (Wildman–Crippen LogP) is 1.86. The van der Waals surface area contributed by atoms with Gasteiger partial charge in [0.05, 0.1) is 5.69 Å². The second-order valence-electron chi connectivity index (χ2n) is 6.80. The minimum Gasteiger partial charge on any atom is -0.459 e. The van der Waals surface area contributed by atoms with Gasteiger partial charge in [0.1, 0.15) is 23.9 Å². The number of H-pyrrole nitrogens is 1. The zero-order valence-corrected chi connectivity index (χ0v) is 16.4. The molecule has 0 radical (unpaired) electrons. The molecule has 3 aromatic heterocycles. The number of carbonyl (C=O) groups is 1.